The molecule has 2 rings (SSSR count). The molecule has 0 spiro atoms. The largest absolute Gasteiger partial charge is 0.465 e. The normalized spacial score (nSPS) is 10.0. The molecule has 0 aromatic heterocycles. The summed E-state index contributed by atoms with van der Waals surface area (Å²) in [6.07, 6.45) is 0. The first-order chi connectivity index (χ1) is 11.0. The lowest BCUT2D eigenvalue weighted by molar-refractivity contribution is 0.0600. The lowest BCUT2D eigenvalue weighted by Gasteiger charge is -2.15. The van der Waals surface area contributed by atoms with E-state index >= 15 is 0 Å². The highest BCUT2D eigenvalue weighted by molar-refractivity contribution is 6.09. The molecule has 0 aliphatic heterocycles. The summed E-state index contributed by atoms with van der Waals surface area (Å²) < 4.78 is 18.9. The van der Waals surface area contributed by atoms with Gasteiger partial charge in [-0.3, -0.25) is 9.59 Å². The van der Waals surface area contributed by atoms with Crippen molar-refractivity contribution in [1.82, 2.24) is 0 Å². The minimum Gasteiger partial charge on any atom is -0.465 e. The fourth-order valence-electron chi connectivity index (χ4n) is 1.95. The van der Waals surface area contributed by atoms with Gasteiger partial charge in [-0.2, -0.15) is 0 Å². The maximum Gasteiger partial charge on any atom is 0.337 e. The Morgan fingerprint density at radius 1 is 1.04 bits per heavy atom. The van der Waals surface area contributed by atoms with Crippen molar-refractivity contribution >= 4 is 23.5 Å². The molecule has 0 saturated heterocycles. The van der Waals surface area contributed by atoms with Gasteiger partial charge in [-0.15, -0.1) is 5.12 Å². The number of esters is 1. The molecule has 7 heteroatoms. The van der Waals surface area contributed by atoms with Gasteiger partial charge in [-0.1, -0.05) is 22.7 Å². The smallest absolute Gasteiger partial charge is 0.337 e. The first kappa shape index (κ1) is 16.2. The third-order valence-corrected chi connectivity index (χ3v) is 3.09. The Labute approximate surface area is 131 Å². The Balaban J connectivity index is 2.44. The van der Waals surface area contributed by atoms with Gasteiger partial charge in [-0.25, -0.2) is 4.79 Å². The summed E-state index contributed by atoms with van der Waals surface area (Å²) >= 11 is 0. The molecular weight excluding hydrogens is 303 g/mol. The van der Waals surface area contributed by atoms with Crippen LogP contribution in [0.5, 0.6) is 0 Å². The van der Waals surface area contributed by atoms with Crippen molar-refractivity contribution in [2.24, 2.45) is 5.73 Å². The summed E-state index contributed by atoms with van der Waals surface area (Å²) in [6, 6.07) is 11.1. The highest BCUT2D eigenvalue weighted by atomic mass is 19.2. The molecule has 118 valence electrons. The van der Waals surface area contributed by atoms with Gasteiger partial charge in [0.15, 0.2) is 0 Å². The number of primary amides is 1. The van der Waals surface area contributed by atoms with Crippen molar-refractivity contribution in [3.63, 3.8) is 0 Å². The van der Waals surface area contributed by atoms with Crippen LogP contribution in [0.25, 0.3) is 0 Å². The molecule has 2 amide bonds. The number of rotatable bonds is 4. The Hall–Kier alpha value is -3.22. The number of nitrogens with zero attached hydrogens (tertiary/aromatic N) is 1. The number of ether oxygens (including phenoxy) is 1. The van der Waals surface area contributed by atoms with Gasteiger partial charge in [0.2, 0.25) is 0 Å². The number of methoxy groups -OCH3 is 1. The molecule has 6 nitrogen and oxygen atoms in total. The van der Waals surface area contributed by atoms with Crippen LogP contribution >= 0.6 is 0 Å². The van der Waals surface area contributed by atoms with E-state index in [1.165, 1.54) is 25.3 Å². The lowest BCUT2D eigenvalue weighted by atomic mass is 10.1. The van der Waals surface area contributed by atoms with Crippen LogP contribution in [0.3, 0.4) is 0 Å². The van der Waals surface area contributed by atoms with E-state index in [9.17, 15) is 18.9 Å². The number of carbonyl (C=O) groups is 3. The molecule has 0 saturated carbocycles. The number of hydrogen-bond acceptors (Lipinski definition) is 4. The van der Waals surface area contributed by atoms with Crippen molar-refractivity contribution in [2.45, 2.75) is 0 Å². The van der Waals surface area contributed by atoms with E-state index in [0.29, 0.717) is 0 Å². The molecule has 0 aliphatic rings. The summed E-state index contributed by atoms with van der Waals surface area (Å²) in [4.78, 5) is 35.1. The number of hydrogen-bond donors (Lipinski definition) is 1. The van der Waals surface area contributed by atoms with Crippen molar-refractivity contribution in [3.8, 4) is 0 Å². The number of halogens is 1. The SMILES string of the molecule is COC(=O)c1ccc(N(F)C(=O)c2ccccc2)c(C(N)=O)c1. The van der Waals surface area contributed by atoms with Crippen LogP contribution in [0.4, 0.5) is 10.2 Å². The van der Waals surface area contributed by atoms with Gasteiger partial charge in [0.25, 0.3) is 11.8 Å². The average molecular weight is 316 g/mol. The number of benzene rings is 2. The number of carbonyl (C=O) groups excluding carboxylic acids is 3. The molecule has 0 radical (unpaired) electrons. The van der Waals surface area contributed by atoms with E-state index in [4.69, 9.17) is 5.73 Å². The van der Waals surface area contributed by atoms with E-state index in [1.54, 1.807) is 18.2 Å². The van der Waals surface area contributed by atoms with E-state index < -0.39 is 17.8 Å². The van der Waals surface area contributed by atoms with Crippen molar-refractivity contribution < 1.29 is 23.6 Å². The van der Waals surface area contributed by atoms with E-state index in [2.05, 4.69) is 4.74 Å². The van der Waals surface area contributed by atoms with Crippen LogP contribution in [-0.4, -0.2) is 24.9 Å². The van der Waals surface area contributed by atoms with Gasteiger partial charge in [0.05, 0.1) is 23.9 Å². The Kier molecular flexibility index (Phi) is 4.70. The van der Waals surface area contributed by atoms with Crippen molar-refractivity contribution in [1.29, 1.82) is 0 Å². The van der Waals surface area contributed by atoms with Crippen LogP contribution in [0.15, 0.2) is 48.5 Å². The van der Waals surface area contributed by atoms with Gasteiger partial charge in [0.1, 0.15) is 0 Å². The predicted octanol–water partition coefficient (Wildman–Crippen LogP) is 2.10. The highest BCUT2D eigenvalue weighted by Gasteiger charge is 2.23. The third-order valence-electron chi connectivity index (χ3n) is 3.09. The second kappa shape index (κ2) is 6.69. The first-order valence-corrected chi connectivity index (χ1v) is 6.53. The van der Waals surface area contributed by atoms with E-state index in [-0.39, 0.29) is 27.5 Å². The van der Waals surface area contributed by atoms with Crippen LogP contribution in [0.1, 0.15) is 31.1 Å². The first-order valence-electron chi connectivity index (χ1n) is 6.53. The predicted molar refractivity (Wildman–Crippen MR) is 80.7 cm³/mol. The van der Waals surface area contributed by atoms with Gasteiger partial charge in [0, 0.05) is 5.56 Å². The summed E-state index contributed by atoms with van der Waals surface area (Å²) in [5.74, 6) is -2.65. The molecule has 23 heavy (non-hydrogen) atoms. The van der Waals surface area contributed by atoms with Crippen LogP contribution < -0.4 is 10.9 Å². The van der Waals surface area contributed by atoms with Gasteiger partial charge in [-0.05, 0) is 30.3 Å². The monoisotopic (exact) mass is 316 g/mol. The fraction of sp³-hybridized carbons (Fsp3) is 0.0625. The number of anilines is 1. The van der Waals surface area contributed by atoms with Crippen LogP contribution in [0.2, 0.25) is 0 Å². The molecule has 0 aliphatic carbocycles. The van der Waals surface area contributed by atoms with E-state index in [1.807, 2.05) is 0 Å². The fourth-order valence-corrected chi connectivity index (χ4v) is 1.95. The third kappa shape index (κ3) is 3.34. The van der Waals surface area contributed by atoms with Gasteiger partial charge >= 0.3 is 5.97 Å². The quantitative estimate of drug-likeness (QED) is 0.691. The summed E-state index contributed by atoms with van der Waals surface area (Å²) in [5.41, 5.74) is 4.67. The maximum atomic E-state index is 14.4. The standard InChI is InChI=1S/C16H13FN2O4/c1-23-16(22)11-7-8-13(12(9-11)14(18)20)19(17)15(21)10-5-3-2-4-6-10/h2-9H,1H3,(H2,18,20). The Bertz CT molecular complexity index is 762. The molecule has 0 atom stereocenters. The minimum absolute atomic E-state index is 0.0191. The zero-order valence-electron chi connectivity index (χ0n) is 12.2. The van der Waals surface area contributed by atoms with Gasteiger partial charge < -0.3 is 10.5 Å². The summed E-state index contributed by atoms with van der Waals surface area (Å²) in [7, 11) is 1.17. The number of nitrogens with two attached hydrogens (primary N) is 1. The van der Waals surface area contributed by atoms with Crippen LogP contribution in [-0.2, 0) is 4.74 Å². The maximum absolute atomic E-state index is 14.4. The van der Waals surface area contributed by atoms with E-state index in [0.717, 1.165) is 12.1 Å². The summed E-state index contributed by atoms with van der Waals surface area (Å²) in [6.45, 7) is 0. The van der Waals surface area contributed by atoms with Crippen molar-refractivity contribution in [2.75, 3.05) is 12.2 Å². The zero-order valence-corrected chi connectivity index (χ0v) is 12.2. The molecule has 2 aromatic rings. The molecule has 2 aromatic carbocycles. The molecule has 0 heterocycles. The lowest BCUT2D eigenvalue weighted by Crippen LogP contribution is -2.25. The molecule has 0 fully saturated rings. The summed E-state index contributed by atoms with van der Waals surface area (Å²) in [5, 5.41) is -0.184. The molecule has 2 N–H and O–H groups in total. The Morgan fingerprint density at radius 3 is 2.26 bits per heavy atom. The second-order valence-electron chi connectivity index (χ2n) is 4.54. The molecule has 0 bridgehead atoms. The number of amides is 2. The zero-order chi connectivity index (χ0) is 17.0. The second-order valence-corrected chi connectivity index (χ2v) is 4.54. The Morgan fingerprint density at radius 2 is 1.70 bits per heavy atom. The highest BCUT2D eigenvalue weighted by Crippen LogP contribution is 2.24. The minimum atomic E-state index is -0.978. The average Bonchev–Trinajstić information content (AvgIpc) is 2.59. The molecule has 0 unspecified atom stereocenters. The topological polar surface area (TPSA) is 89.7 Å². The molecular formula is C16H13FN2O4. The van der Waals surface area contributed by atoms with Crippen molar-refractivity contribution in [3.05, 3.63) is 65.2 Å². The van der Waals surface area contributed by atoms with Crippen LogP contribution in [0, 0.1) is 0 Å².